The van der Waals surface area contributed by atoms with Crippen molar-refractivity contribution in [3.63, 3.8) is 0 Å². The molecule has 1 atom stereocenters. The number of hydrogen-bond acceptors (Lipinski definition) is 4. The third-order valence-corrected chi connectivity index (χ3v) is 9.07. The Bertz CT molecular complexity index is 1410. The first-order chi connectivity index (χ1) is 19.1. The normalized spacial score (nSPS) is 14.8. The zero-order valence-electron chi connectivity index (χ0n) is 22.9. The van der Waals surface area contributed by atoms with Crippen LogP contribution in [0.25, 0.3) is 0 Å². The van der Waals surface area contributed by atoms with Crippen LogP contribution in [0.15, 0.2) is 83.8 Å². The summed E-state index contributed by atoms with van der Waals surface area (Å²) in [6.45, 7) is 3.23. The summed E-state index contributed by atoms with van der Waals surface area (Å²) < 4.78 is 42.0. The molecule has 0 spiro atoms. The largest absolute Gasteiger partial charge is 0.352 e. The number of nitrogens with one attached hydrogen (secondary N) is 1. The summed E-state index contributed by atoms with van der Waals surface area (Å²) in [5.41, 5.74) is 2.13. The fraction of sp³-hybridized carbons (Fsp3) is 0.355. The summed E-state index contributed by atoms with van der Waals surface area (Å²) in [5, 5.41) is 3.10. The number of benzene rings is 3. The highest BCUT2D eigenvalue weighted by Crippen LogP contribution is 2.25. The quantitative estimate of drug-likeness (QED) is 0.366. The summed E-state index contributed by atoms with van der Waals surface area (Å²) in [5.74, 6) is -1.36. The van der Waals surface area contributed by atoms with E-state index in [-0.39, 0.29) is 29.1 Å². The molecule has 2 amide bonds. The fourth-order valence-electron chi connectivity index (χ4n) is 5.02. The molecule has 0 aliphatic heterocycles. The van der Waals surface area contributed by atoms with E-state index in [2.05, 4.69) is 5.32 Å². The Labute approximate surface area is 236 Å². The SMILES string of the molecule is Cc1cccc(CN(C(=O)CN(c2ccccc2)S(=O)(=O)c2ccc(F)cc2)[C@@H](C)C(=O)NC2CCCCC2)c1. The van der Waals surface area contributed by atoms with Gasteiger partial charge in [-0.15, -0.1) is 0 Å². The van der Waals surface area contributed by atoms with Crippen LogP contribution in [0, 0.1) is 12.7 Å². The number of anilines is 1. The number of amides is 2. The van der Waals surface area contributed by atoms with Gasteiger partial charge in [0.1, 0.15) is 18.4 Å². The van der Waals surface area contributed by atoms with E-state index in [1.54, 1.807) is 37.3 Å². The minimum absolute atomic E-state index is 0.0688. The molecule has 0 unspecified atom stereocenters. The minimum Gasteiger partial charge on any atom is -0.352 e. The van der Waals surface area contributed by atoms with Crippen LogP contribution in [-0.2, 0) is 26.2 Å². The molecule has 1 saturated carbocycles. The first-order valence-corrected chi connectivity index (χ1v) is 15.1. The van der Waals surface area contributed by atoms with Gasteiger partial charge in [-0.25, -0.2) is 12.8 Å². The number of carbonyl (C=O) groups is 2. The van der Waals surface area contributed by atoms with Gasteiger partial charge in [-0.1, -0.05) is 67.3 Å². The number of rotatable bonds is 10. The molecule has 3 aromatic rings. The Hall–Kier alpha value is -3.72. The van der Waals surface area contributed by atoms with Gasteiger partial charge >= 0.3 is 0 Å². The van der Waals surface area contributed by atoms with Gasteiger partial charge in [0.05, 0.1) is 10.6 Å². The monoisotopic (exact) mass is 565 g/mol. The van der Waals surface area contributed by atoms with Gasteiger partial charge in [0, 0.05) is 12.6 Å². The Kier molecular flexibility index (Phi) is 9.58. The van der Waals surface area contributed by atoms with Crippen LogP contribution in [0.4, 0.5) is 10.1 Å². The predicted molar refractivity (Wildman–Crippen MR) is 154 cm³/mol. The van der Waals surface area contributed by atoms with Gasteiger partial charge in [-0.2, -0.15) is 0 Å². The van der Waals surface area contributed by atoms with Crippen LogP contribution in [0.3, 0.4) is 0 Å². The molecule has 40 heavy (non-hydrogen) atoms. The molecular formula is C31H36FN3O4S. The van der Waals surface area contributed by atoms with Crippen molar-refractivity contribution in [2.75, 3.05) is 10.8 Å². The summed E-state index contributed by atoms with van der Waals surface area (Å²) in [6, 6.07) is 19.7. The second-order valence-electron chi connectivity index (χ2n) is 10.3. The van der Waals surface area contributed by atoms with Crippen LogP contribution in [0.1, 0.15) is 50.2 Å². The smallest absolute Gasteiger partial charge is 0.264 e. The minimum atomic E-state index is -4.23. The maximum atomic E-state index is 14.0. The second kappa shape index (κ2) is 13.1. The molecule has 1 aliphatic carbocycles. The van der Waals surface area contributed by atoms with Crippen molar-refractivity contribution in [1.29, 1.82) is 0 Å². The summed E-state index contributed by atoms with van der Waals surface area (Å²) in [6.07, 6.45) is 5.07. The van der Waals surface area contributed by atoms with Crippen molar-refractivity contribution in [2.24, 2.45) is 0 Å². The lowest BCUT2D eigenvalue weighted by atomic mass is 9.95. The van der Waals surface area contributed by atoms with E-state index in [0.717, 1.165) is 59.7 Å². The zero-order chi connectivity index (χ0) is 28.7. The molecule has 4 rings (SSSR count). The maximum absolute atomic E-state index is 14.0. The third-order valence-electron chi connectivity index (χ3n) is 7.28. The number of hydrogen-bond donors (Lipinski definition) is 1. The van der Waals surface area contributed by atoms with Crippen molar-refractivity contribution in [2.45, 2.75) is 69.5 Å². The first-order valence-electron chi connectivity index (χ1n) is 13.6. The van der Waals surface area contributed by atoms with E-state index in [9.17, 15) is 22.4 Å². The molecule has 1 aliphatic rings. The highest BCUT2D eigenvalue weighted by molar-refractivity contribution is 7.92. The van der Waals surface area contributed by atoms with Crippen molar-refractivity contribution < 1.29 is 22.4 Å². The molecule has 0 aromatic heterocycles. The standard InChI is InChI=1S/C31H36FN3O4S/c1-23-10-9-11-25(20-23)21-34(24(2)31(37)33-27-12-5-3-6-13-27)30(36)22-35(28-14-7-4-8-15-28)40(38,39)29-18-16-26(32)17-19-29/h4,7-11,14-20,24,27H,3,5-6,12-13,21-22H2,1-2H3,(H,33,37)/t24-/m0/s1. The van der Waals surface area contributed by atoms with Crippen LogP contribution in [-0.4, -0.2) is 43.8 Å². The average Bonchev–Trinajstić information content (AvgIpc) is 2.95. The van der Waals surface area contributed by atoms with Crippen LogP contribution >= 0.6 is 0 Å². The lowest BCUT2D eigenvalue weighted by Crippen LogP contribution is -2.53. The Balaban J connectivity index is 1.65. The topological polar surface area (TPSA) is 86.8 Å². The van der Waals surface area contributed by atoms with Crippen molar-refractivity contribution in [3.8, 4) is 0 Å². The van der Waals surface area contributed by atoms with Crippen LogP contribution in [0.5, 0.6) is 0 Å². The van der Waals surface area contributed by atoms with Gasteiger partial charge in [0.15, 0.2) is 0 Å². The molecule has 0 bridgehead atoms. The Morgan fingerprint density at radius 1 is 0.950 bits per heavy atom. The molecule has 0 heterocycles. The Morgan fingerprint density at radius 3 is 2.27 bits per heavy atom. The molecular weight excluding hydrogens is 529 g/mol. The van der Waals surface area contributed by atoms with E-state index in [1.807, 2.05) is 31.2 Å². The number of para-hydroxylation sites is 1. The highest BCUT2D eigenvalue weighted by atomic mass is 32.2. The van der Waals surface area contributed by atoms with Gasteiger partial charge in [-0.05, 0) is 68.7 Å². The third kappa shape index (κ3) is 7.27. The van der Waals surface area contributed by atoms with E-state index >= 15 is 0 Å². The van der Waals surface area contributed by atoms with Crippen molar-refractivity contribution in [3.05, 3.63) is 95.8 Å². The highest BCUT2D eigenvalue weighted by Gasteiger charge is 2.33. The van der Waals surface area contributed by atoms with Gasteiger partial charge in [-0.3, -0.25) is 13.9 Å². The predicted octanol–water partition coefficient (Wildman–Crippen LogP) is 5.20. The van der Waals surface area contributed by atoms with E-state index < -0.39 is 34.3 Å². The molecule has 7 nitrogen and oxygen atoms in total. The summed E-state index contributed by atoms with van der Waals surface area (Å²) >= 11 is 0. The first kappa shape index (κ1) is 29.3. The van der Waals surface area contributed by atoms with Crippen LogP contribution in [0.2, 0.25) is 0 Å². The summed E-state index contributed by atoms with van der Waals surface area (Å²) in [7, 11) is -4.23. The van der Waals surface area contributed by atoms with Gasteiger partial charge in [0.2, 0.25) is 11.8 Å². The number of sulfonamides is 1. The fourth-order valence-corrected chi connectivity index (χ4v) is 6.43. The van der Waals surface area contributed by atoms with E-state index in [1.165, 1.54) is 17.0 Å². The number of aryl methyl sites for hydroxylation is 1. The lowest BCUT2D eigenvalue weighted by Gasteiger charge is -2.33. The lowest BCUT2D eigenvalue weighted by molar-refractivity contribution is -0.139. The van der Waals surface area contributed by atoms with Gasteiger partial charge < -0.3 is 10.2 Å². The molecule has 0 saturated heterocycles. The van der Waals surface area contributed by atoms with Crippen LogP contribution < -0.4 is 9.62 Å². The van der Waals surface area contributed by atoms with Gasteiger partial charge in [0.25, 0.3) is 10.0 Å². The second-order valence-corrected chi connectivity index (χ2v) is 12.2. The average molecular weight is 566 g/mol. The number of halogens is 1. The van der Waals surface area contributed by atoms with Crippen molar-refractivity contribution >= 4 is 27.5 Å². The van der Waals surface area contributed by atoms with E-state index in [4.69, 9.17) is 0 Å². The Morgan fingerprint density at radius 2 is 1.62 bits per heavy atom. The molecule has 1 N–H and O–H groups in total. The molecule has 3 aromatic carbocycles. The zero-order valence-corrected chi connectivity index (χ0v) is 23.7. The molecule has 212 valence electrons. The maximum Gasteiger partial charge on any atom is 0.264 e. The number of carbonyl (C=O) groups excluding carboxylic acids is 2. The summed E-state index contributed by atoms with van der Waals surface area (Å²) in [4.78, 5) is 28.6. The van der Waals surface area contributed by atoms with E-state index in [0.29, 0.717) is 0 Å². The molecule has 0 radical (unpaired) electrons. The number of nitrogens with zero attached hydrogens (tertiary/aromatic N) is 2. The van der Waals surface area contributed by atoms with Crippen molar-refractivity contribution in [1.82, 2.24) is 10.2 Å². The molecule has 1 fully saturated rings. The molecule has 9 heteroatoms.